The molecule has 0 aromatic heterocycles. The standard InChI is InChI=1S/C16H18O2/c1-16(2,3)12-9-10-13(17)14(15(12)18)11-7-5-4-6-8-11/h4-10,17-18H,1-3H3. The third kappa shape index (κ3) is 2.19. The Kier molecular flexibility index (Phi) is 3.04. The van der Waals surface area contributed by atoms with Crippen LogP contribution in [0.4, 0.5) is 0 Å². The molecule has 0 aliphatic carbocycles. The molecule has 2 aromatic rings. The SMILES string of the molecule is CC(C)(C)c1ccc(O)c(-c2ccccc2)c1O. The van der Waals surface area contributed by atoms with Crippen molar-refractivity contribution in [1.82, 2.24) is 0 Å². The van der Waals surface area contributed by atoms with Gasteiger partial charge in [-0.25, -0.2) is 0 Å². The molecule has 0 saturated heterocycles. The minimum atomic E-state index is -0.165. The molecular weight excluding hydrogens is 224 g/mol. The summed E-state index contributed by atoms with van der Waals surface area (Å²) in [5.41, 5.74) is 1.99. The first-order chi connectivity index (χ1) is 8.41. The highest BCUT2D eigenvalue weighted by Crippen LogP contribution is 2.43. The van der Waals surface area contributed by atoms with Crippen molar-refractivity contribution in [3.8, 4) is 22.6 Å². The number of rotatable bonds is 1. The highest BCUT2D eigenvalue weighted by Gasteiger charge is 2.22. The van der Waals surface area contributed by atoms with Crippen molar-refractivity contribution in [3.63, 3.8) is 0 Å². The third-order valence-corrected chi connectivity index (χ3v) is 3.03. The van der Waals surface area contributed by atoms with Crippen molar-refractivity contribution in [3.05, 3.63) is 48.0 Å². The molecule has 0 unspecified atom stereocenters. The van der Waals surface area contributed by atoms with Crippen LogP contribution >= 0.6 is 0 Å². The Morgan fingerprint density at radius 3 is 2.00 bits per heavy atom. The van der Waals surface area contributed by atoms with E-state index in [-0.39, 0.29) is 16.9 Å². The van der Waals surface area contributed by atoms with Crippen LogP contribution < -0.4 is 0 Å². The van der Waals surface area contributed by atoms with E-state index in [0.717, 1.165) is 11.1 Å². The quantitative estimate of drug-likeness (QED) is 0.791. The highest BCUT2D eigenvalue weighted by atomic mass is 16.3. The van der Waals surface area contributed by atoms with E-state index in [9.17, 15) is 10.2 Å². The van der Waals surface area contributed by atoms with Crippen LogP contribution in [0.15, 0.2) is 42.5 Å². The Hall–Kier alpha value is -1.96. The first kappa shape index (κ1) is 12.5. The van der Waals surface area contributed by atoms with Crippen LogP contribution in [0.25, 0.3) is 11.1 Å². The Morgan fingerprint density at radius 2 is 1.44 bits per heavy atom. The van der Waals surface area contributed by atoms with Gasteiger partial charge in [0.25, 0.3) is 0 Å². The third-order valence-electron chi connectivity index (χ3n) is 3.03. The van der Waals surface area contributed by atoms with E-state index in [1.807, 2.05) is 51.1 Å². The number of phenolic OH excluding ortho intramolecular Hbond substituents is 2. The van der Waals surface area contributed by atoms with Gasteiger partial charge in [0, 0.05) is 5.56 Å². The average molecular weight is 242 g/mol. The van der Waals surface area contributed by atoms with Gasteiger partial charge in [0.2, 0.25) is 0 Å². The summed E-state index contributed by atoms with van der Waals surface area (Å²) in [6, 6.07) is 12.9. The van der Waals surface area contributed by atoms with E-state index in [1.165, 1.54) is 0 Å². The molecular formula is C16H18O2. The summed E-state index contributed by atoms with van der Waals surface area (Å²) in [6.45, 7) is 6.11. The van der Waals surface area contributed by atoms with Crippen molar-refractivity contribution in [2.75, 3.05) is 0 Å². The summed E-state index contributed by atoms with van der Waals surface area (Å²) in [4.78, 5) is 0. The molecule has 2 rings (SSSR count). The lowest BCUT2D eigenvalue weighted by atomic mass is 9.84. The smallest absolute Gasteiger partial charge is 0.130 e. The minimum Gasteiger partial charge on any atom is -0.507 e. The van der Waals surface area contributed by atoms with E-state index in [4.69, 9.17) is 0 Å². The topological polar surface area (TPSA) is 40.5 Å². The Balaban J connectivity index is 2.68. The van der Waals surface area contributed by atoms with Gasteiger partial charge < -0.3 is 10.2 Å². The maximum atomic E-state index is 10.4. The summed E-state index contributed by atoms with van der Waals surface area (Å²) < 4.78 is 0. The maximum absolute atomic E-state index is 10.4. The fourth-order valence-electron chi connectivity index (χ4n) is 2.08. The molecule has 0 atom stereocenters. The van der Waals surface area contributed by atoms with Crippen molar-refractivity contribution in [2.45, 2.75) is 26.2 Å². The number of hydrogen-bond donors (Lipinski definition) is 2. The second-order valence-electron chi connectivity index (χ2n) is 5.47. The molecule has 18 heavy (non-hydrogen) atoms. The zero-order valence-electron chi connectivity index (χ0n) is 10.9. The average Bonchev–Trinajstić information content (AvgIpc) is 2.28. The fraction of sp³-hybridized carbons (Fsp3) is 0.250. The monoisotopic (exact) mass is 242 g/mol. The van der Waals surface area contributed by atoms with E-state index in [2.05, 4.69) is 0 Å². The molecule has 0 bridgehead atoms. The maximum Gasteiger partial charge on any atom is 0.130 e. The van der Waals surface area contributed by atoms with Gasteiger partial charge in [0.1, 0.15) is 11.5 Å². The lowest BCUT2D eigenvalue weighted by molar-refractivity contribution is 0.435. The van der Waals surface area contributed by atoms with Crippen LogP contribution in [0.3, 0.4) is 0 Å². The van der Waals surface area contributed by atoms with E-state index in [0.29, 0.717) is 5.56 Å². The predicted octanol–water partition coefficient (Wildman–Crippen LogP) is 4.06. The Morgan fingerprint density at radius 1 is 0.833 bits per heavy atom. The van der Waals surface area contributed by atoms with Crippen LogP contribution in [0.5, 0.6) is 11.5 Å². The van der Waals surface area contributed by atoms with Gasteiger partial charge in [-0.05, 0) is 17.0 Å². The molecule has 0 spiro atoms. The lowest BCUT2D eigenvalue weighted by Gasteiger charge is -2.22. The number of phenols is 2. The minimum absolute atomic E-state index is 0.103. The van der Waals surface area contributed by atoms with Gasteiger partial charge in [-0.3, -0.25) is 0 Å². The second-order valence-corrected chi connectivity index (χ2v) is 5.47. The fourth-order valence-corrected chi connectivity index (χ4v) is 2.08. The first-order valence-electron chi connectivity index (χ1n) is 6.02. The zero-order chi connectivity index (χ0) is 13.3. The number of hydrogen-bond acceptors (Lipinski definition) is 2. The Labute approximate surface area is 108 Å². The van der Waals surface area contributed by atoms with Crippen LogP contribution in [0.1, 0.15) is 26.3 Å². The molecule has 0 amide bonds. The number of benzene rings is 2. The largest absolute Gasteiger partial charge is 0.507 e. The molecule has 2 heteroatoms. The highest BCUT2D eigenvalue weighted by molar-refractivity contribution is 5.78. The molecule has 94 valence electrons. The van der Waals surface area contributed by atoms with Gasteiger partial charge in [0.05, 0.1) is 5.56 Å². The van der Waals surface area contributed by atoms with Crippen LogP contribution in [-0.4, -0.2) is 10.2 Å². The van der Waals surface area contributed by atoms with Crippen LogP contribution in [-0.2, 0) is 5.41 Å². The molecule has 0 aliphatic heterocycles. The summed E-state index contributed by atoms with van der Waals surface area (Å²) in [5.74, 6) is 0.264. The van der Waals surface area contributed by atoms with E-state index < -0.39 is 0 Å². The molecule has 0 heterocycles. The van der Waals surface area contributed by atoms with Gasteiger partial charge in [0.15, 0.2) is 0 Å². The van der Waals surface area contributed by atoms with Gasteiger partial charge in [-0.2, -0.15) is 0 Å². The zero-order valence-corrected chi connectivity index (χ0v) is 10.9. The van der Waals surface area contributed by atoms with Gasteiger partial charge in [-0.15, -0.1) is 0 Å². The Bertz CT molecular complexity index is 551. The van der Waals surface area contributed by atoms with Crippen molar-refractivity contribution in [1.29, 1.82) is 0 Å². The van der Waals surface area contributed by atoms with Crippen molar-refractivity contribution >= 4 is 0 Å². The van der Waals surface area contributed by atoms with E-state index >= 15 is 0 Å². The summed E-state index contributed by atoms with van der Waals surface area (Å²) in [7, 11) is 0. The molecule has 2 aromatic carbocycles. The lowest BCUT2D eigenvalue weighted by Crippen LogP contribution is -2.11. The van der Waals surface area contributed by atoms with Crippen LogP contribution in [0, 0.1) is 0 Å². The van der Waals surface area contributed by atoms with Crippen molar-refractivity contribution in [2.24, 2.45) is 0 Å². The molecule has 0 aliphatic rings. The van der Waals surface area contributed by atoms with Crippen LogP contribution in [0.2, 0.25) is 0 Å². The molecule has 2 nitrogen and oxygen atoms in total. The van der Waals surface area contributed by atoms with Gasteiger partial charge >= 0.3 is 0 Å². The molecule has 0 radical (unpaired) electrons. The second kappa shape index (κ2) is 4.37. The summed E-state index contributed by atoms with van der Waals surface area (Å²) >= 11 is 0. The summed E-state index contributed by atoms with van der Waals surface area (Å²) in [5, 5.41) is 20.4. The molecule has 2 N–H and O–H groups in total. The first-order valence-corrected chi connectivity index (χ1v) is 6.02. The number of aromatic hydroxyl groups is 2. The van der Waals surface area contributed by atoms with Crippen molar-refractivity contribution < 1.29 is 10.2 Å². The molecule has 0 fully saturated rings. The normalized spacial score (nSPS) is 11.5. The summed E-state index contributed by atoms with van der Waals surface area (Å²) in [6.07, 6.45) is 0. The predicted molar refractivity (Wildman–Crippen MR) is 73.9 cm³/mol. The van der Waals surface area contributed by atoms with Gasteiger partial charge in [-0.1, -0.05) is 57.2 Å². The molecule has 0 saturated carbocycles. The van der Waals surface area contributed by atoms with E-state index in [1.54, 1.807) is 12.1 Å².